The lowest BCUT2D eigenvalue weighted by Gasteiger charge is -2.31. The van der Waals surface area contributed by atoms with Crippen LogP contribution in [0, 0.1) is 0 Å². The second kappa shape index (κ2) is 6.30. The highest BCUT2D eigenvalue weighted by Gasteiger charge is 2.25. The monoisotopic (exact) mass is 203 g/mol. The van der Waals surface area contributed by atoms with E-state index in [9.17, 15) is 4.79 Å². The summed E-state index contributed by atoms with van der Waals surface area (Å²) in [6, 6.07) is 0. The zero-order valence-corrected chi connectivity index (χ0v) is 9.96. The molecule has 3 heteroatoms. The van der Waals surface area contributed by atoms with Crippen LogP contribution in [0.5, 0.6) is 0 Å². The second-order valence-electron chi connectivity index (χ2n) is 3.19. The van der Waals surface area contributed by atoms with Crippen LogP contribution in [0.1, 0.15) is 47.0 Å². The van der Waals surface area contributed by atoms with Crippen LogP contribution in [-0.2, 0) is 0 Å². The number of nitrogens with one attached hydrogen (secondary N) is 1. The molecule has 0 saturated carbocycles. The molecule has 0 atom stereocenters. The lowest BCUT2D eigenvalue weighted by Crippen LogP contribution is -2.45. The maximum absolute atomic E-state index is 11.4. The fourth-order valence-corrected chi connectivity index (χ4v) is 1.95. The summed E-state index contributed by atoms with van der Waals surface area (Å²) in [5.41, 5.74) is 0.0270. The molecule has 0 saturated heterocycles. The Balaban J connectivity index is 4.16. The largest absolute Gasteiger partial charge is 0.342 e. The van der Waals surface area contributed by atoms with E-state index in [4.69, 9.17) is 0 Å². The van der Waals surface area contributed by atoms with Crippen molar-refractivity contribution >= 4 is 17.0 Å². The summed E-state index contributed by atoms with van der Waals surface area (Å²) in [6.07, 6.45) is 3.03. The Morgan fingerprint density at radius 1 is 1.15 bits per heavy atom. The molecule has 0 bridgehead atoms. The van der Waals surface area contributed by atoms with E-state index in [1.807, 2.05) is 6.92 Å². The molecule has 0 rings (SSSR count). The van der Waals surface area contributed by atoms with Gasteiger partial charge in [-0.1, -0.05) is 39.5 Å². The Labute approximate surface area is 85.9 Å². The Kier molecular flexibility index (Phi) is 6.21. The Bertz CT molecular complexity index is 147. The summed E-state index contributed by atoms with van der Waals surface area (Å²) in [7, 11) is 0. The summed E-state index contributed by atoms with van der Waals surface area (Å²) in [5.74, 6) is 0.846. The van der Waals surface area contributed by atoms with Crippen molar-refractivity contribution in [3.8, 4) is 0 Å². The average Bonchev–Trinajstić information content (AvgIpc) is 2.15. The Hall–Kier alpha value is -0.180. The summed E-state index contributed by atoms with van der Waals surface area (Å²) in [4.78, 5) is 11.4. The number of rotatable bonds is 5. The lowest BCUT2D eigenvalue weighted by molar-refractivity contribution is 0.238. The minimum atomic E-state index is 0.0270. The van der Waals surface area contributed by atoms with Gasteiger partial charge in [-0.15, -0.1) is 0 Å². The van der Waals surface area contributed by atoms with Crippen LogP contribution in [0.25, 0.3) is 0 Å². The van der Waals surface area contributed by atoms with Crippen LogP contribution in [0.15, 0.2) is 0 Å². The van der Waals surface area contributed by atoms with Gasteiger partial charge >= 0.3 is 0 Å². The van der Waals surface area contributed by atoms with E-state index in [1.165, 1.54) is 11.8 Å². The molecule has 0 heterocycles. The number of amides is 1. The number of hydrogen-bond acceptors (Lipinski definition) is 2. The molecule has 0 aliphatic carbocycles. The van der Waals surface area contributed by atoms with Crippen LogP contribution in [0.2, 0.25) is 0 Å². The fraction of sp³-hybridized carbons (Fsp3) is 0.900. The van der Waals surface area contributed by atoms with Crippen LogP contribution in [0.4, 0.5) is 4.79 Å². The van der Waals surface area contributed by atoms with Gasteiger partial charge in [0.15, 0.2) is 0 Å². The van der Waals surface area contributed by atoms with Crippen molar-refractivity contribution in [2.24, 2.45) is 0 Å². The summed E-state index contributed by atoms with van der Waals surface area (Å²) >= 11 is 1.35. The average molecular weight is 203 g/mol. The standard InChI is InChI=1S/C10H21NOS/c1-5-10(6-2,7-3)11-9(12)13-8-4/h5-8H2,1-4H3,(H,11,12). The van der Waals surface area contributed by atoms with E-state index in [0.717, 1.165) is 25.0 Å². The van der Waals surface area contributed by atoms with E-state index in [0.29, 0.717) is 0 Å². The number of thioether (sulfide) groups is 1. The molecule has 1 N–H and O–H groups in total. The highest BCUT2D eigenvalue weighted by molar-refractivity contribution is 8.13. The third kappa shape index (κ3) is 4.03. The van der Waals surface area contributed by atoms with E-state index < -0.39 is 0 Å². The Morgan fingerprint density at radius 2 is 1.62 bits per heavy atom. The topological polar surface area (TPSA) is 29.1 Å². The first-order valence-corrected chi connectivity index (χ1v) is 6.07. The molecule has 0 unspecified atom stereocenters. The number of carbonyl (C=O) groups excluding carboxylic acids is 1. The predicted molar refractivity (Wildman–Crippen MR) is 60.3 cm³/mol. The van der Waals surface area contributed by atoms with Gasteiger partial charge in [-0.2, -0.15) is 0 Å². The molecule has 13 heavy (non-hydrogen) atoms. The second-order valence-corrected chi connectivity index (χ2v) is 4.42. The molecular formula is C10H21NOS. The lowest BCUT2D eigenvalue weighted by atomic mass is 9.90. The van der Waals surface area contributed by atoms with Crippen molar-refractivity contribution in [1.82, 2.24) is 5.32 Å². The molecule has 0 aromatic carbocycles. The number of hydrogen-bond donors (Lipinski definition) is 1. The van der Waals surface area contributed by atoms with Crippen molar-refractivity contribution in [3.63, 3.8) is 0 Å². The summed E-state index contributed by atoms with van der Waals surface area (Å²) in [5, 5.41) is 3.22. The molecule has 0 radical (unpaired) electrons. The van der Waals surface area contributed by atoms with Crippen LogP contribution < -0.4 is 5.32 Å². The van der Waals surface area contributed by atoms with Gasteiger partial charge in [0.2, 0.25) is 0 Å². The first-order valence-electron chi connectivity index (χ1n) is 5.09. The van der Waals surface area contributed by atoms with Crippen LogP contribution in [0.3, 0.4) is 0 Å². The van der Waals surface area contributed by atoms with Gasteiger partial charge < -0.3 is 5.32 Å². The third-order valence-electron chi connectivity index (χ3n) is 2.67. The van der Waals surface area contributed by atoms with Crippen LogP contribution >= 0.6 is 11.8 Å². The normalized spacial score (nSPS) is 11.4. The van der Waals surface area contributed by atoms with Crippen molar-refractivity contribution in [2.75, 3.05) is 5.75 Å². The van der Waals surface area contributed by atoms with Crippen molar-refractivity contribution in [1.29, 1.82) is 0 Å². The van der Waals surface area contributed by atoms with Gasteiger partial charge in [-0.05, 0) is 25.0 Å². The van der Waals surface area contributed by atoms with Gasteiger partial charge in [0.1, 0.15) is 0 Å². The minimum absolute atomic E-state index is 0.0270. The predicted octanol–water partition coefficient (Wildman–Crippen LogP) is 3.42. The highest BCUT2D eigenvalue weighted by atomic mass is 32.2. The molecule has 78 valence electrons. The number of carbonyl (C=O) groups is 1. The van der Waals surface area contributed by atoms with Crippen LogP contribution in [-0.4, -0.2) is 16.5 Å². The molecule has 0 aromatic rings. The molecule has 0 aromatic heterocycles. The van der Waals surface area contributed by atoms with Gasteiger partial charge in [-0.3, -0.25) is 4.79 Å². The summed E-state index contributed by atoms with van der Waals surface area (Å²) < 4.78 is 0. The first kappa shape index (κ1) is 12.8. The van der Waals surface area contributed by atoms with Gasteiger partial charge in [0.25, 0.3) is 5.24 Å². The van der Waals surface area contributed by atoms with E-state index >= 15 is 0 Å². The van der Waals surface area contributed by atoms with Crippen molar-refractivity contribution < 1.29 is 4.79 Å². The maximum atomic E-state index is 11.4. The molecule has 0 aliphatic heterocycles. The van der Waals surface area contributed by atoms with Crippen molar-refractivity contribution in [2.45, 2.75) is 52.5 Å². The third-order valence-corrected chi connectivity index (χ3v) is 3.33. The SMILES string of the molecule is CCSC(=O)NC(CC)(CC)CC. The van der Waals surface area contributed by atoms with E-state index in [2.05, 4.69) is 26.1 Å². The smallest absolute Gasteiger partial charge is 0.279 e. The highest BCUT2D eigenvalue weighted by Crippen LogP contribution is 2.20. The van der Waals surface area contributed by atoms with Crippen molar-refractivity contribution in [3.05, 3.63) is 0 Å². The maximum Gasteiger partial charge on any atom is 0.279 e. The molecular weight excluding hydrogens is 182 g/mol. The van der Waals surface area contributed by atoms with Gasteiger partial charge in [0, 0.05) is 5.54 Å². The van der Waals surface area contributed by atoms with Gasteiger partial charge in [-0.25, -0.2) is 0 Å². The molecule has 0 aliphatic rings. The molecule has 0 fully saturated rings. The minimum Gasteiger partial charge on any atom is -0.342 e. The molecule has 1 amide bonds. The van der Waals surface area contributed by atoms with E-state index in [1.54, 1.807) is 0 Å². The summed E-state index contributed by atoms with van der Waals surface area (Å²) in [6.45, 7) is 8.38. The fourth-order valence-electron chi connectivity index (χ4n) is 1.40. The quantitative estimate of drug-likeness (QED) is 0.742. The zero-order chi connectivity index (χ0) is 10.3. The molecule has 2 nitrogen and oxygen atoms in total. The molecule has 0 spiro atoms. The Morgan fingerprint density at radius 3 is 1.92 bits per heavy atom. The van der Waals surface area contributed by atoms with Gasteiger partial charge in [0.05, 0.1) is 0 Å². The van der Waals surface area contributed by atoms with E-state index in [-0.39, 0.29) is 10.8 Å². The zero-order valence-electron chi connectivity index (χ0n) is 9.14. The first-order chi connectivity index (χ1) is 6.14.